The Morgan fingerprint density at radius 2 is 1.48 bits per heavy atom. The van der Waals surface area contributed by atoms with E-state index in [0.29, 0.717) is 11.4 Å². The van der Waals surface area contributed by atoms with Gasteiger partial charge in [0, 0.05) is 38.0 Å². The zero-order valence-electron chi connectivity index (χ0n) is 14.5. The van der Waals surface area contributed by atoms with E-state index in [0.717, 1.165) is 5.69 Å². The fourth-order valence-electron chi connectivity index (χ4n) is 2.35. The molecule has 2 aromatic carbocycles. The number of likely N-dealkylation sites (N-methyl/N-ethyl adjacent to an activating group) is 1. The van der Waals surface area contributed by atoms with Crippen LogP contribution < -0.4 is 15.1 Å². The number of carbonyl (C=O) groups excluding carboxylic acids is 3. The quantitative estimate of drug-likeness (QED) is 0.910. The van der Waals surface area contributed by atoms with Gasteiger partial charge in [0.15, 0.2) is 0 Å². The summed E-state index contributed by atoms with van der Waals surface area (Å²) in [5.41, 5.74) is 1.99. The summed E-state index contributed by atoms with van der Waals surface area (Å²) < 4.78 is 0. The summed E-state index contributed by atoms with van der Waals surface area (Å²) in [5, 5.41) is 2.66. The molecule has 0 saturated heterocycles. The lowest BCUT2D eigenvalue weighted by Gasteiger charge is -2.24. The van der Waals surface area contributed by atoms with Crippen molar-refractivity contribution in [3.05, 3.63) is 54.6 Å². The lowest BCUT2D eigenvalue weighted by molar-refractivity contribution is -0.121. The zero-order chi connectivity index (χ0) is 18.4. The monoisotopic (exact) mass is 339 g/mol. The van der Waals surface area contributed by atoms with E-state index in [1.54, 1.807) is 31.3 Å². The van der Waals surface area contributed by atoms with Gasteiger partial charge in [-0.15, -0.1) is 0 Å². The summed E-state index contributed by atoms with van der Waals surface area (Å²) in [6.07, 6.45) is 0. The van der Waals surface area contributed by atoms with Gasteiger partial charge in [0.25, 0.3) is 0 Å². The predicted octanol–water partition coefficient (Wildman–Crippen LogP) is 2.66. The van der Waals surface area contributed by atoms with Crippen LogP contribution in [0.2, 0.25) is 0 Å². The summed E-state index contributed by atoms with van der Waals surface area (Å²) in [7, 11) is 1.68. The second-order valence-corrected chi connectivity index (χ2v) is 5.62. The third-order valence-electron chi connectivity index (χ3n) is 3.69. The number of nitrogens with zero attached hydrogens (tertiary/aromatic N) is 2. The van der Waals surface area contributed by atoms with Gasteiger partial charge in [-0.1, -0.05) is 18.2 Å². The first kappa shape index (κ1) is 18.2. The van der Waals surface area contributed by atoms with E-state index in [-0.39, 0.29) is 24.3 Å². The molecule has 0 heterocycles. The summed E-state index contributed by atoms with van der Waals surface area (Å²) in [4.78, 5) is 38.5. The fourth-order valence-corrected chi connectivity index (χ4v) is 2.35. The Bertz CT molecular complexity index is 757. The van der Waals surface area contributed by atoms with E-state index in [2.05, 4.69) is 5.32 Å². The summed E-state index contributed by atoms with van der Waals surface area (Å²) in [6.45, 7) is 2.77. The second-order valence-electron chi connectivity index (χ2n) is 5.62. The maximum Gasteiger partial charge on any atom is 0.246 e. The number of hydrogen-bond donors (Lipinski definition) is 1. The normalized spacial score (nSPS) is 10.0. The van der Waals surface area contributed by atoms with Crippen molar-refractivity contribution < 1.29 is 14.4 Å². The van der Waals surface area contributed by atoms with Crippen LogP contribution >= 0.6 is 0 Å². The van der Waals surface area contributed by atoms with Crippen molar-refractivity contribution in [3.63, 3.8) is 0 Å². The van der Waals surface area contributed by atoms with Crippen molar-refractivity contribution in [2.45, 2.75) is 13.8 Å². The van der Waals surface area contributed by atoms with Gasteiger partial charge >= 0.3 is 0 Å². The average Bonchev–Trinajstić information content (AvgIpc) is 2.59. The minimum atomic E-state index is -0.234. The first-order valence-corrected chi connectivity index (χ1v) is 7.86. The first-order valence-electron chi connectivity index (χ1n) is 7.86. The highest BCUT2D eigenvalue weighted by Crippen LogP contribution is 2.19. The minimum Gasteiger partial charge on any atom is -0.326 e. The van der Waals surface area contributed by atoms with Crippen LogP contribution in [0, 0.1) is 0 Å². The molecule has 1 N–H and O–H groups in total. The van der Waals surface area contributed by atoms with Gasteiger partial charge in [0.05, 0.1) is 0 Å². The maximum atomic E-state index is 12.5. The van der Waals surface area contributed by atoms with Crippen LogP contribution in [0.5, 0.6) is 0 Å². The Balaban J connectivity index is 2.14. The second kappa shape index (κ2) is 8.10. The lowest BCUT2D eigenvalue weighted by Crippen LogP contribution is -2.40. The van der Waals surface area contributed by atoms with Gasteiger partial charge in [-0.3, -0.25) is 14.4 Å². The number of benzene rings is 2. The maximum absolute atomic E-state index is 12.5. The van der Waals surface area contributed by atoms with Gasteiger partial charge in [0.1, 0.15) is 6.54 Å². The van der Waals surface area contributed by atoms with Crippen molar-refractivity contribution in [1.82, 2.24) is 0 Å². The Kier molecular flexibility index (Phi) is 5.89. The Hall–Kier alpha value is -3.15. The molecule has 0 atom stereocenters. The van der Waals surface area contributed by atoms with E-state index in [1.807, 2.05) is 30.3 Å². The molecule has 0 aliphatic rings. The van der Waals surface area contributed by atoms with Crippen LogP contribution in [0.3, 0.4) is 0 Å². The molecule has 0 radical (unpaired) electrons. The Morgan fingerprint density at radius 3 is 2.00 bits per heavy atom. The van der Waals surface area contributed by atoms with Crippen molar-refractivity contribution in [2.75, 3.05) is 28.7 Å². The van der Waals surface area contributed by atoms with Crippen LogP contribution in [0.15, 0.2) is 54.6 Å². The lowest BCUT2D eigenvalue weighted by atomic mass is 10.2. The van der Waals surface area contributed by atoms with Crippen molar-refractivity contribution >= 4 is 34.8 Å². The predicted molar refractivity (Wildman–Crippen MR) is 98.6 cm³/mol. The van der Waals surface area contributed by atoms with E-state index >= 15 is 0 Å². The molecule has 3 amide bonds. The molecule has 0 saturated carbocycles. The summed E-state index contributed by atoms with van der Waals surface area (Å²) >= 11 is 0. The highest BCUT2D eigenvalue weighted by Gasteiger charge is 2.19. The van der Waals surface area contributed by atoms with Gasteiger partial charge < -0.3 is 15.1 Å². The van der Waals surface area contributed by atoms with E-state index < -0.39 is 0 Å². The largest absolute Gasteiger partial charge is 0.326 e. The Morgan fingerprint density at radius 1 is 0.880 bits per heavy atom. The van der Waals surface area contributed by atoms with Crippen molar-refractivity contribution in [1.29, 1.82) is 0 Å². The third-order valence-corrected chi connectivity index (χ3v) is 3.69. The zero-order valence-corrected chi connectivity index (χ0v) is 14.5. The number of hydrogen-bond acceptors (Lipinski definition) is 3. The third kappa shape index (κ3) is 4.91. The average molecular weight is 339 g/mol. The molecular formula is C19H21N3O3. The van der Waals surface area contributed by atoms with Crippen LogP contribution in [0.1, 0.15) is 13.8 Å². The molecule has 6 nitrogen and oxygen atoms in total. The molecule has 2 aromatic rings. The molecule has 0 aliphatic heterocycles. The molecule has 6 heteroatoms. The van der Waals surface area contributed by atoms with Crippen molar-refractivity contribution in [3.8, 4) is 0 Å². The van der Waals surface area contributed by atoms with Gasteiger partial charge in [-0.25, -0.2) is 0 Å². The van der Waals surface area contributed by atoms with E-state index in [9.17, 15) is 14.4 Å². The highest BCUT2D eigenvalue weighted by atomic mass is 16.2. The molecule has 130 valence electrons. The fraction of sp³-hybridized carbons (Fsp3) is 0.211. The van der Waals surface area contributed by atoms with Crippen molar-refractivity contribution in [2.24, 2.45) is 0 Å². The van der Waals surface area contributed by atoms with E-state index in [4.69, 9.17) is 0 Å². The highest BCUT2D eigenvalue weighted by molar-refractivity contribution is 6.02. The SMILES string of the molecule is CC(=O)Nc1ccc(N(CC(=O)N(C)c2ccccc2)C(C)=O)cc1. The van der Waals surface area contributed by atoms with Crippen LogP contribution in [0.25, 0.3) is 0 Å². The van der Waals surface area contributed by atoms with E-state index in [1.165, 1.54) is 23.6 Å². The number of carbonyl (C=O) groups is 3. The molecule has 0 aromatic heterocycles. The summed E-state index contributed by atoms with van der Waals surface area (Å²) in [6, 6.07) is 16.0. The van der Waals surface area contributed by atoms with Gasteiger partial charge in [0.2, 0.25) is 17.7 Å². The topological polar surface area (TPSA) is 69.7 Å². The first-order chi connectivity index (χ1) is 11.9. The molecule has 0 aliphatic carbocycles. The molecule has 25 heavy (non-hydrogen) atoms. The Labute approximate surface area is 147 Å². The van der Waals surface area contributed by atoms with Gasteiger partial charge in [-0.05, 0) is 36.4 Å². The number of anilines is 3. The molecule has 0 bridgehead atoms. The number of para-hydroxylation sites is 1. The van der Waals surface area contributed by atoms with Crippen LogP contribution in [0.4, 0.5) is 17.1 Å². The molecule has 2 rings (SSSR count). The van der Waals surface area contributed by atoms with Crippen LogP contribution in [-0.4, -0.2) is 31.3 Å². The number of nitrogens with one attached hydrogen (secondary N) is 1. The molecule has 0 unspecified atom stereocenters. The minimum absolute atomic E-state index is 0.0692. The number of rotatable bonds is 5. The molecule has 0 fully saturated rings. The van der Waals surface area contributed by atoms with Crippen LogP contribution in [-0.2, 0) is 14.4 Å². The molecular weight excluding hydrogens is 318 g/mol. The summed E-state index contributed by atoms with van der Waals surface area (Å²) in [5.74, 6) is -0.606. The number of amides is 3. The smallest absolute Gasteiger partial charge is 0.246 e. The molecule has 0 spiro atoms. The standard InChI is InChI=1S/C19H21N3O3/c1-14(23)20-16-9-11-18(12-10-16)22(15(2)24)13-19(25)21(3)17-7-5-4-6-8-17/h4-12H,13H2,1-3H3,(H,20,23). The van der Waals surface area contributed by atoms with Gasteiger partial charge in [-0.2, -0.15) is 0 Å².